The average molecular weight is 222 g/mol. The Hall–Kier alpha value is -1.06. The highest BCUT2D eigenvalue weighted by Gasteiger charge is 2.15. The average Bonchev–Trinajstić information content (AvgIpc) is 2.35. The predicted octanol–water partition coefficient (Wildman–Crippen LogP) is 1.61. The zero-order chi connectivity index (χ0) is 11.8. The molecule has 90 valence electrons. The summed E-state index contributed by atoms with van der Waals surface area (Å²) in [5.41, 5.74) is 6.83. The number of benzene rings is 1. The van der Waals surface area contributed by atoms with Crippen molar-refractivity contribution in [3.8, 4) is 0 Å². The number of anilines is 1. The monoisotopic (exact) mass is 222 g/mol. The molecule has 3 nitrogen and oxygen atoms in total. The molecule has 0 saturated carbocycles. The smallest absolute Gasteiger partial charge is 0.0647 e. The summed E-state index contributed by atoms with van der Waals surface area (Å²) in [6, 6.07) is 10.2. The Morgan fingerprint density at radius 2 is 2.00 bits per heavy atom. The maximum Gasteiger partial charge on any atom is 0.0647 e. The standard InChI is InChI=1S/C13H22N2O/c1-2-3-9-15(13(10-14)11-16)12-7-5-4-6-8-12/h4-8,13,16H,2-3,9-11,14H2,1H3. The zero-order valence-electron chi connectivity index (χ0n) is 9.97. The van der Waals surface area contributed by atoms with E-state index < -0.39 is 0 Å². The normalized spacial score (nSPS) is 12.4. The molecule has 0 amide bonds. The van der Waals surface area contributed by atoms with E-state index in [1.54, 1.807) is 0 Å². The Morgan fingerprint density at radius 1 is 1.31 bits per heavy atom. The molecule has 1 aromatic rings. The number of hydrogen-bond donors (Lipinski definition) is 2. The second-order valence-electron chi connectivity index (χ2n) is 3.95. The van der Waals surface area contributed by atoms with Crippen molar-refractivity contribution in [3.05, 3.63) is 30.3 Å². The second-order valence-corrected chi connectivity index (χ2v) is 3.95. The predicted molar refractivity (Wildman–Crippen MR) is 68.6 cm³/mol. The molecule has 0 aliphatic rings. The fourth-order valence-electron chi connectivity index (χ4n) is 1.77. The van der Waals surface area contributed by atoms with Crippen molar-refractivity contribution in [1.82, 2.24) is 0 Å². The van der Waals surface area contributed by atoms with Crippen LogP contribution in [-0.4, -0.2) is 30.8 Å². The first-order valence-electron chi connectivity index (χ1n) is 5.96. The molecule has 1 aromatic carbocycles. The van der Waals surface area contributed by atoms with E-state index in [9.17, 15) is 5.11 Å². The van der Waals surface area contributed by atoms with Crippen LogP contribution in [0.1, 0.15) is 19.8 Å². The fourth-order valence-corrected chi connectivity index (χ4v) is 1.77. The molecule has 0 spiro atoms. The maximum atomic E-state index is 9.34. The van der Waals surface area contributed by atoms with Gasteiger partial charge in [-0.3, -0.25) is 0 Å². The number of nitrogens with two attached hydrogens (primary N) is 1. The zero-order valence-corrected chi connectivity index (χ0v) is 9.97. The van der Waals surface area contributed by atoms with Crippen molar-refractivity contribution in [2.45, 2.75) is 25.8 Å². The van der Waals surface area contributed by atoms with Crippen LogP contribution in [0.15, 0.2) is 30.3 Å². The molecule has 3 heteroatoms. The fraction of sp³-hybridized carbons (Fsp3) is 0.538. The van der Waals surface area contributed by atoms with Crippen molar-refractivity contribution < 1.29 is 5.11 Å². The van der Waals surface area contributed by atoms with Gasteiger partial charge in [0.1, 0.15) is 0 Å². The first-order valence-corrected chi connectivity index (χ1v) is 5.96. The van der Waals surface area contributed by atoms with Crippen molar-refractivity contribution in [1.29, 1.82) is 0 Å². The number of nitrogens with zero attached hydrogens (tertiary/aromatic N) is 1. The van der Waals surface area contributed by atoms with E-state index in [-0.39, 0.29) is 12.6 Å². The first-order chi connectivity index (χ1) is 7.83. The molecule has 0 bridgehead atoms. The third-order valence-corrected chi connectivity index (χ3v) is 2.76. The molecule has 0 radical (unpaired) electrons. The lowest BCUT2D eigenvalue weighted by atomic mass is 10.2. The lowest BCUT2D eigenvalue weighted by Gasteiger charge is -2.31. The summed E-state index contributed by atoms with van der Waals surface area (Å²) >= 11 is 0. The topological polar surface area (TPSA) is 49.5 Å². The molecule has 0 aromatic heterocycles. The van der Waals surface area contributed by atoms with Gasteiger partial charge < -0.3 is 15.7 Å². The minimum Gasteiger partial charge on any atom is -0.394 e. The Balaban J connectivity index is 2.78. The summed E-state index contributed by atoms with van der Waals surface area (Å²) in [5.74, 6) is 0. The highest BCUT2D eigenvalue weighted by Crippen LogP contribution is 2.16. The summed E-state index contributed by atoms with van der Waals surface area (Å²) in [5, 5.41) is 9.34. The highest BCUT2D eigenvalue weighted by atomic mass is 16.3. The highest BCUT2D eigenvalue weighted by molar-refractivity contribution is 5.47. The van der Waals surface area contributed by atoms with Gasteiger partial charge >= 0.3 is 0 Å². The number of rotatable bonds is 7. The first kappa shape index (κ1) is 13.0. The molecule has 0 aliphatic heterocycles. The van der Waals surface area contributed by atoms with Gasteiger partial charge in [0.25, 0.3) is 0 Å². The third-order valence-electron chi connectivity index (χ3n) is 2.76. The second kappa shape index (κ2) is 7.25. The van der Waals surface area contributed by atoms with Crippen LogP contribution in [0.3, 0.4) is 0 Å². The summed E-state index contributed by atoms with van der Waals surface area (Å²) in [6.45, 7) is 3.70. The summed E-state index contributed by atoms with van der Waals surface area (Å²) in [7, 11) is 0. The molecule has 1 rings (SSSR count). The van der Waals surface area contributed by atoms with E-state index in [4.69, 9.17) is 5.73 Å². The lowest BCUT2D eigenvalue weighted by Crippen LogP contribution is -2.43. The molecular weight excluding hydrogens is 200 g/mol. The third kappa shape index (κ3) is 3.51. The summed E-state index contributed by atoms with van der Waals surface area (Å²) < 4.78 is 0. The van der Waals surface area contributed by atoms with E-state index in [2.05, 4.69) is 24.0 Å². The van der Waals surface area contributed by atoms with Gasteiger partial charge in [0.05, 0.1) is 12.6 Å². The van der Waals surface area contributed by atoms with Crippen LogP contribution in [-0.2, 0) is 0 Å². The Morgan fingerprint density at radius 3 is 2.50 bits per heavy atom. The van der Waals surface area contributed by atoms with Crippen LogP contribution < -0.4 is 10.6 Å². The van der Waals surface area contributed by atoms with E-state index >= 15 is 0 Å². The Bertz CT molecular complexity index is 273. The minimum atomic E-state index is 0.0222. The minimum absolute atomic E-state index is 0.0222. The van der Waals surface area contributed by atoms with Crippen LogP contribution in [0.5, 0.6) is 0 Å². The number of aliphatic hydroxyl groups is 1. The van der Waals surface area contributed by atoms with Gasteiger partial charge in [0, 0.05) is 18.8 Å². The molecule has 0 saturated heterocycles. The van der Waals surface area contributed by atoms with E-state index in [1.807, 2.05) is 18.2 Å². The molecule has 1 unspecified atom stereocenters. The SMILES string of the molecule is CCCCN(c1ccccc1)C(CN)CO. The Labute approximate surface area is 97.9 Å². The van der Waals surface area contributed by atoms with Crippen molar-refractivity contribution in [3.63, 3.8) is 0 Å². The molecule has 1 atom stereocenters. The van der Waals surface area contributed by atoms with Gasteiger partial charge in [-0.2, -0.15) is 0 Å². The number of hydrogen-bond acceptors (Lipinski definition) is 3. The molecule has 0 fully saturated rings. The molecule has 3 N–H and O–H groups in total. The van der Waals surface area contributed by atoms with Crippen LogP contribution in [0.4, 0.5) is 5.69 Å². The van der Waals surface area contributed by atoms with Gasteiger partial charge in [0.15, 0.2) is 0 Å². The van der Waals surface area contributed by atoms with Crippen LogP contribution in [0.25, 0.3) is 0 Å². The number of unbranched alkanes of at least 4 members (excludes halogenated alkanes) is 1. The molecule has 0 aliphatic carbocycles. The maximum absolute atomic E-state index is 9.34. The number of para-hydroxylation sites is 1. The van der Waals surface area contributed by atoms with Gasteiger partial charge in [-0.05, 0) is 18.6 Å². The van der Waals surface area contributed by atoms with Gasteiger partial charge in [-0.1, -0.05) is 31.5 Å². The summed E-state index contributed by atoms with van der Waals surface area (Å²) in [4.78, 5) is 2.20. The molecule has 16 heavy (non-hydrogen) atoms. The van der Waals surface area contributed by atoms with Crippen molar-refractivity contribution in [2.24, 2.45) is 5.73 Å². The number of aliphatic hydroxyl groups excluding tert-OH is 1. The van der Waals surface area contributed by atoms with E-state index in [1.165, 1.54) is 0 Å². The molecule has 0 heterocycles. The van der Waals surface area contributed by atoms with Crippen LogP contribution in [0.2, 0.25) is 0 Å². The van der Waals surface area contributed by atoms with Crippen LogP contribution >= 0.6 is 0 Å². The van der Waals surface area contributed by atoms with E-state index in [0.717, 1.165) is 25.1 Å². The van der Waals surface area contributed by atoms with E-state index in [0.29, 0.717) is 6.54 Å². The van der Waals surface area contributed by atoms with Gasteiger partial charge in [-0.25, -0.2) is 0 Å². The lowest BCUT2D eigenvalue weighted by molar-refractivity contribution is 0.261. The molecular formula is C13H22N2O. The van der Waals surface area contributed by atoms with Crippen LogP contribution in [0, 0.1) is 0 Å². The Kier molecular flexibility index (Phi) is 5.90. The van der Waals surface area contributed by atoms with Gasteiger partial charge in [-0.15, -0.1) is 0 Å². The van der Waals surface area contributed by atoms with Crippen molar-refractivity contribution >= 4 is 5.69 Å². The van der Waals surface area contributed by atoms with Gasteiger partial charge in [0.2, 0.25) is 0 Å². The van der Waals surface area contributed by atoms with Crippen molar-refractivity contribution in [2.75, 3.05) is 24.6 Å². The summed E-state index contributed by atoms with van der Waals surface area (Å²) in [6.07, 6.45) is 2.26. The largest absolute Gasteiger partial charge is 0.394 e. The quantitative estimate of drug-likeness (QED) is 0.737.